The summed E-state index contributed by atoms with van der Waals surface area (Å²) in [6, 6.07) is 22.5. The smallest absolute Gasteiger partial charge is 0.374 e. The molecule has 0 saturated carbocycles. The van der Waals surface area contributed by atoms with E-state index in [1.54, 1.807) is 0 Å². The van der Waals surface area contributed by atoms with E-state index >= 15 is 0 Å². The predicted octanol–water partition coefficient (Wildman–Crippen LogP) is 8.13. The highest BCUT2D eigenvalue weighted by molar-refractivity contribution is 7.94. The highest BCUT2D eigenvalue weighted by Crippen LogP contribution is 2.41. The first-order valence-corrected chi connectivity index (χ1v) is 16.1. The molecule has 3 aromatic carbocycles. The summed E-state index contributed by atoms with van der Waals surface area (Å²) in [5.41, 5.74) is 6.25. The minimum atomic E-state index is 0.619. The quantitative estimate of drug-likeness (QED) is 0.0374. The van der Waals surface area contributed by atoms with E-state index in [2.05, 4.69) is 102 Å². The van der Waals surface area contributed by atoms with Gasteiger partial charge in [0, 0.05) is 41.5 Å². The number of allylic oxidation sites excluding steroid dienone is 2. The number of hydrogen-bond donors (Lipinski definition) is 1. The maximum atomic E-state index is 8.43. The minimum absolute atomic E-state index is 0.619. The molecule has 10 heteroatoms. The minimum Gasteiger partial charge on any atom is -0.439 e. The first-order valence-electron chi connectivity index (χ1n) is 14.8. The fraction of sp³-hybridized carbons (Fsp3) is 0.324. The fourth-order valence-corrected chi connectivity index (χ4v) is 5.79. The Kier molecular flexibility index (Phi) is 10.7. The van der Waals surface area contributed by atoms with Gasteiger partial charge in [0.05, 0.1) is 45.9 Å². The number of rotatable bonds is 14. The molecule has 1 aliphatic rings. The van der Waals surface area contributed by atoms with Crippen LogP contribution in [0, 0.1) is 0 Å². The number of anilines is 1. The normalized spacial score (nSPS) is 14.5. The topological polar surface area (TPSA) is 68.2 Å². The lowest BCUT2D eigenvalue weighted by atomic mass is 10.1. The largest absolute Gasteiger partial charge is 0.439 e. The first kappa shape index (κ1) is 32.1. The number of oxazole rings is 1. The number of benzene rings is 3. The standard InChI is InChI=1S/C34H39ClN3O5S/c1-5-25(22-34-37(18-10-20-44-43-42-39)30-24-28(35)14-16-32(30)41-34)21-33-36(17-9-19-38(2,3)4)29-23-27(13-15-31(29)40-33)26-11-7-6-8-12-26/h6-8,11-16,21-24H,5,9-10,17-20H2,1-4H3/q+1/p+1. The average molecular weight is 638 g/mol. The van der Waals surface area contributed by atoms with E-state index in [-0.39, 0.29) is 0 Å². The van der Waals surface area contributed by atoms with Crippen molar-refractivity contribution < 1.29 is 32.8 Å². The van der Waals surface area contributed by atoms with Gasteiger partial charge in [0.15, 0.2) is 12.3 Å². The van der Waals surface area contributed by atoms with Gasteiger partial charge in [-0.1, -0.05) is 60.0 Å². The van der Waals surface area contributed by atoms with Crippen molar-refractivity contribution in [3.63, 3.8) is 0 Å². The van der Waals surface area contributed by atoms with Crippen LogP contribution in [0.2, 0.25) is 5.02 Å². The van der Waals surface area contributed by atoms with Crippen LogP contribution in [0.1, 0.15) is 32.1 Å². The van der Waals surface area contributed by atoms with Crippen LogP contribution in [0.3, 0.4) is 0 Å². The lowest BCUT2D eigenvalue weighted by molar-refractivity contribution is -0.873. The van der Waals surface area contributed by atoms with Crippen LogP contribution < -0.4 is 14.2 Å². The van der Waals surface area contributed by atoms with E-state index in [4.69, 9.17) is 26.0 Å². The van der Waals surface area contributed by atoms with Gasteiger partial charge < -0.3 is 18.5 Å². The SMILES string of the molecule is CCC(=Cc1oc2ccc(-c3ccccc3)cc2[n+]1CCC[N+](C)(C)C)C=C1Oc2ccc(Cl)cc2N1CCCSOOO. The Balaban J connectivity index is 1.50. The van der Waals surface area contributed by atoms with Crippen molar-refractivity contribution in [1.82, 2.24) is 0 Å². The van der Waals surface area contributed by atoms with Gasteiger partial charge in [0.1, 0.15) is 0 Å². The van der Waals surface area contributed by atoms with E-state index in [1.807, 2.05) is 24.3 Å². The molecule has 8 nitrogen and oxygen atoms in total. The van der Waals surface area contributed by atoms with Crippen molar-refractivity contribution in [2.45, 2.75) is 32.7 Å². The Morgan fingerprint density at radius 3 is 2.61 bits per heavy atom. The molecular formula is C34H40ClN3O5S+2. The summed E-state index contributed by atoms with van der Waals surface area (Å²) < 4.78 is 20.6. The number of fused-ring (bicyclic) bond motifs is 2. The van der Waals surface area contributed by atoms with Crippen molar-refractivity contribution in [3.8, 4) is 16.9 Å². The number of quaternary nitrogens is 1. The third-order valence-electron chi connectivity index (χ3n) is 7.45. The number of hydrogen-bond acceptors (Lipinski definition) is 7. The second-order valence-corrected chi connectivity index (χ2v) is 13.0. The molecule has 1 N–H and O–H groups in total. The Morgan fingerprint density at radius 2 is 1.86 bits per heavy atom. The highest BCUT2D eigenvalue weighted by Gasteiger charge is 2.28. The summed E-state index contributed by atoms with van der Waals surface area (Å²) in [6.07, 6.45) is 6.75. The van der Waals surface area contributed by atoms with Crippen molar-refractivity contribution >= 4 is 46.5 Å². The van der Waals surface area contributed by atoms with Crippen molar-refractivity contribution in [3.05, 3.63) is 95.2 Å². The van der Waals surface area contributed by atoms with Gasteiger partial charge in [-0.3, -0.25) is 0 Å². The van der Waals surface area contributed by atoms with Crippen LogP contribution >= 0.6 is 23.6 Å². The third-order valence-corrected chi connectivity index (χ3v) is 8.30. The summed E-state index contributed by atoms with van der Waals surface area (Å²) >= 11 is 7.40. The Labute approximate surface area is 268 Å². The third kappa shape index (κ3) is 8.04. The van der Waals surface area contributed by atoms with Crippen LogP contribution in [0.5, 0.6) is 5.75 Å². The zero-order chi connectivity index (χ0) is 31.1. The molecule has 1 aliphatic heterocycles. The average Bonchev–Trinajstić information content (AvgIpc) is 3.52. The molecular weight excluding hydrogens is 598 g/mol. The zero-order valence-electron chi connectivity index (χ0n) is 25.7. The second kappa shape index (κ2) is 14.6. The summed E-state index contributed by atoms with van der Waals surface area (Å²) in [5.74, 6) is 2.90. The Bertz CT molecular complexity index is 1630. The molecule has 0 fully saturated rings. The molecule has 0 spiro atoms. The molecule has 5 rings (SSSR count). The summed E-state index contributed by atoms with van der Waals surface area (Å²) in [5, 5.41) is 12.8. The van der Waals surface area contributed by atoms with E-state index in [0.29, 0.717) is 17.3 Å². The molecule has 4 aromatic rings. The van der Waals surface area contributed by atoms with Gasteiger partial charge >= 0.3 is 5.89 Å². The van der Waals surface area contributed by atoms with Gasteiger partial charge in [-0.25, -0.2) is 5.26 Å². The molecule has 44 heavy (non-hydrogen) atoms. The van der Waals surface area contributed by atoms with Crippen LogP contribution in [0.25, 0.3) is 28.3 Å². The second-order valence-electron chi connectivity index (χ2n) is 11.7. The van der Waals surface area contributed by atoms with Gasteiger partial charge in [-0.15, -0.1) is 4.33 Å². The molecule has 1 aromatic heterocycles. The number of aromatic nitrogens is 1. The van der Waals surface area contributed by atoms with Crippen LogP contribution in [-0.4, -0.2) is 49.7 Å². The van der Waals surface area contributed by atoms with Crippen LogP contribution in [0.15, 0.2) is 88.7 Å². The monoisotopic (exact) mass is 637 g/mol. The lowest BCUT2D eigenvalue weighted by Crippen LogP contribution is -2.41. The molecule has 2 heterocycles. The fourth-order valence-electron chi connectivity index (χ4n) is 5.26. The number of ether oxygens (including phenoxy) is 1. The molecule has 0 aliphatic carbocycles. The molecule has 0 bridgehead atoms. The first-order chi connectivity index (χ1) is 21.3. The van der Waals surface area contributed by atoms with Crippen molar-refractivity contribution in [2.24, 2.45) is 0 Å². The zero-order valence-corrected chi connectivity index (χ0v) is 27.2. The van der Waals surface area contributed by atoms with E-state index in [0.717, 1.165) is 94.3 Å². The summed E-state index contributed by atoms with van der Waals surface area (Å²) in [7, 11) is 6.66. The summed E-state index contributed by atoms with van der Waals surface area (Å²) in [6.45, 7) is 4.68. The van der Waals surface area contributed by atoms with Gasteiger partial charge in [-0.2, -0.15) is 4.57 Å². The van der Waals surface area contributed by atoms with Crippen LogP contribution in [0.4, 0.5) is 5.69 Å². The number of halogens is 1. The van der Waals surface area contributed by atoms with Crippen molar-refractivity contribution in [1.29, 1.82) is 0 Å². The molecule has 232 valence electrons. The van der Waals surface area contributed by atoms with E-state index in [9.17, 15) is 0 Å². The molecule has 0 radical (unpaired) electrons. The number of nitrogens with zero attached hydrogens (tertiary/aromatic N) is 3. The van der Waals surface area contributed by atoms with Gasteiger partial charge in [-0.05, 0) is 53.8 Å². The predicted molar refractivity (Wildman–Crippen MR) is 177 cm³/mol. The van der Waals surface area contributed by atoms with Gasteiger partial charge in [0.2, 0.25) is 11.5 Å². The Morgan fingerprint density at radius 1 is 1.05 bits per heavy atom. The maximum absolute atomic E-state index is 8.43. The van der Waals surface area contributed by atoms with Crippen LogP contribution in [-0.2, 0) is 15.9 Å². The van der Waals surface area contributed by atoms with Gasteiger partial charge in [0.25, 0.3) is 5.52 Å². The molecule has 0 amide bonds. The lowest BCUT2D eigenvalue weighted by Gasteiger charge is -2.22. The maximum Gasteiger partial charge on any atom is 0.374 e. The van der Waals surface area contributed by atoms with E-state index < -0.39 is 0 Å². The highest BCUT2D eigenvalue weighted by atomic mass is 35.5. The van der Waals surface area contributed by atoms with Crippen molar-refractivity contribution in [2.75, 3.05) is 44.9 Å². The molecule has 0 atom stereocenters. The Hall–Kier alpha value is -3.31. The molecule has 0 saturated heterocycles. The molecule has 0 unspecified atom stereocenters. The summed E-state index contributed by atoms with van der Waals surface area (Å²) in [4.78, 5) is 2.12. The van der Waals surface area contributed by atoms with E-state index in [1.165, 1.54) is 5.56 Å². The number of aryl methyl sites for hydroxylation is 1.